The average molecular weight is 367 g/mol. The Labute approximate surface area is 138 Å². The first-order chi connectivity index (χ1) is 10.0. The molecule has 21 heavy (non-hydrogen) atoms. The van der Waals surface area contributed by atoms with Gasteiger partial charge in [-0.1, -0.05) is 52.7 Å². The minimum absolute atomic E-state index is 0.0202. The maximum absolute atomic E-state index is 12.5. The molecular formula is C17H17BrClNO. The van der Waals surface area contributed by atoms with Gasteiger partial charge in [-0.25, -0.2) is 0 Å². The lowest BCUT2D eigenvalue weighted by Crippen LogP contribution is -2.28. The molecule has 1 atom stereocenters. The normalized spacial score (nSPS) is 12.0. The Balaban J connectivity index is 2.20. The summed E-state index contributed by atoms with van der Waals surface area (Å²) >= 11 is 9.36. The van der Waals surface area contributed by atoms with Crippen LogP contribution < -0.4 is 5.32 Å². The maximum atomic E-state index is 12.5. The summed E-state index contributed by atoms with van der Waals surface area (Å²) in [5, 5.41) is 3.78. The van der Waals surface area contributed by atoms with Crippen molar-refractivity contribution in [1.29, 1.82) is 0 Å². The Morgan fingerprint density at radius 1 is 1.24 bits per heavy atom. The number of carbonyl (C=O) groups is 1. The molecule has 0 saturated heterocycles. The van der Waals surface area contributed by atoms with E-state index >= 15 is 0 Å². The minimum Gasteiger partial charge on any atom is -0.345 e. The fourth-order valence-corrected chi connectivity index (χ4v) is 2.70. The molecule has 110 valence electrons. The van der Waals surface area contributed by atoms with Crippen molar-refractivity contribution in [2.75, 3.05) is 0 Å². The zero-order valence-corrected chi connectivity index (χ0v) is 14.3. The lowest BCUT2D eigenvalue weighted by Gasteiger charge is -2.18. The summed E-state index contributed by atoms with van der Waals surface area (Å²) in [7, 11) is 0. The van der Waals surface area contributed by atoms with Gasteiger partial charge in [-0.2, -0.15) is 0 Å². The number of benzene rings is 2. The summed E-state index contributed by atoms with van der Waals surface area (Å²) in [6, 6.07) is 13.2. The van der Waals surface area contributed by atoms with E-state index in [4.69, 9.17) is 11.6 Å². The van der Waals surface area contributed by atoms with Gasteiger partial charge in [0, 0.05) is 15.1 Å². The van der Waals surface area contributed by atoms with E-state index in [0.29, 0.717) is 10.6 Å². The molecule has 0 saturated carbocycles. The van der Waals surface area contributed by atoms with Gasteiger partial charge in [0.25, 0.3) is 5.91 Å². The predicted octanol–water partition coefficient (Wildman–Crippen LogP) is 5.29. The van der Waals surface area contributed by atoms with Crippen molar-refractivity contribution >= 4 is 33.4 Å². The predicted molar refractivity (Wildman–Crippen MR) is 90.8 cm³/mol. The van der Waals surface area contributed by atoms with Crippen LogP contribution in [0.15, 0.2) is 46.9 Å². The van der Waals surface area contributed by atoms with Crippen molar-refractivity contribution in [3.63, 3.8) is 0 Å². The molecule has 0 aliphatic rings. The molecule has 4 heteroatoms. The molecule has 0 radical (unpaired) electrons. The van der Waals surface area contributed by atoms with Gasteiger partial charge in [0.15, 0.2) is 0 Å². The van der Waals surface area contributed by atoms with Crippen molar-refractivity contribution in [1.82, 2.24) is 5.32 Å². The zero-order valence-electron chi connectivity index (χ0n) is 12.0. The van der Waals surface area contributed by atoms with Crippen LogP contribution in [0.2, 0.25) is 5.02 Å². The summed E-state index contributed by atoms with van der Waals surface area (Å²) < 4.78 is 0.940. The first-order valence-electron chi connectivity index (χ1n) is 6.84. The summed E-state index contributed by atoms with van der Waals surface area (Å²) in [6.45, 7) is 3.98. The number of hydrogen-bond donors (Lipinski definition) is 1. The van der Waals surface area contributed by atoms with Crippen LogP contribution in [0.4, 0.5) is 0 Å². The standard InChI is InChI=1S/C17H17BrClNO/c1-3-16(12-7-9-13(19)10-8-12)20-17(21)14-5-4-6-15(18)11(14)2/h4-10,16H,3H2,1-2H3,(H,20,21). The van der Waals surface area contributed by atoms with E-state index in [0.717, 1.165) is 22.0 Å². The van der Waals surface area contributed by atoms with Gasteiger partial charge in [-0.15, -0.1) is 0 Å². The van der Waals surface area contributed by atoms with Crippen LogP contribution in [0.25, 0.3) is 0 Å². The number of nitrogens with one attached hydrogen (secondary N) is 1. The minimum atomic E-state index is -0.0596. The third kappa shape index (κ3) is 3.86. The lowest BCUT2D eigenvalue weighted by molar-refractivity contribution is 0.0935. The van der Waals surface area contributed by atoms with Gasteiger partial charge in [0.1, 0.15) is 0 Å². The second-order valence-corrected chi connectivity index (χ2v) is 6.19. The Bertz CT molecular complexity index is 640. The number of halogens is 2. The Hall–Kier alpha value is -1.32. The zero-order chi connectivity index (χ0) is 15.4. The third-order valence-electron chi connectivity index (χ3n) is 3.50. The molecule has 1 amide bonds. The van der Waals surface area contributed by atoms with E-state index in [1.54, 1.807) is 0 Å². The molecule has 0 aromatic heterocycles. The number of carbonyl (C=O) groups excluding carboxylic acids is 1. The SMILES string of the molecule is CCC(NC(=O)c1cccc(Br)c1C)c1ccc(Cl)cc1. The van der Waals surface area contributed by atoms with Crippen molar-refractivity contribution in [2.45, 2.75) is 26.3 Å². The molecule has 2 aromatic rings. The van der Waals surface area contributed by atoms with Crippen molar-refractivity contribution in [3.05, 3.63) is 68.7 Å². The molecule has 0 fully saturated rings. The van der Waals surface area contributed by atoms with E-state index in [9.17, 15) is 4.79 Å². The van der Waals surface area contributed by atoms with Gasteiger partial charge < -0.3 is 5.32 Å². The lowest BCUT2D eigenvalue weighted by atomic mass is 10.0. The Morgan fingerprint density at radius 2 is 1.90 bits per heavy atom. The molecule has 2 nitrogen and oxygen atoms in total. The van der Waals surface area contributed by atoms with Gasteiger partial charge in [0.05, 0.1) is 6.04 Å². The second kappa shape index (κ2) is 7.10. The Kier molecular flexibility index (Phi) is 5.43. The highest BCUT2D eigenvalue weighted by atomic mass is 79.9. The van der Waals surface area contributed by atoms with E-state index in [1.165, 1.54) is 0 Å². The fourth-order valence-electron chi connectivity index (χ4n) is 2.21. The summed E-state index contributed by atoms with van der Waals surface area (Å²) in [5.41, 5.74) is 2.70. The highest BCUT2D eigenvalue weighted by Gasteiger charge is 2.16. The monoisotopic (exact) mass is 365 g/mol. The van der Waals surface area contributed by atoms with Crippen molar-refractivity contribution in [2.24, 2.45) is 0 Å². The molecule has 1 N–H and O–H groups in total. The van der Waals surface area contributed by atoms with E-state index < -0.39 is 0 Å². The topological polar surface area (TPSA) is 29.1 Å². The highest BCUT2D eigenvalue weighted by molar-refractivity contribution is 9.10. The van der Waals surface area contributed by atoms with E-state index in [2.05, 4.69) is 21.2 Å². The molecular weight excluding hydrogens is 350 g/mol. The van der Waals surface area contributed by atoms with Crippen LogP contribution in [0.5, 0.6) is 0 Å². The number of rotatable bonds is 4. The van der Waals surface area contributed by atoms with Crippen molar-refractivity contribution in [3.8, 4) is 0 Å². The molecule has 0 aliphatic heterocycles. The first-order valence-corrected chi connectivity index (χ1v) is 8.01. The quantitative estimate of drug-likeness (QED) is 0.782. The average Bonchev–Trinajstić information content (AvgIpc) is 2.48. The summed E-state index contributed by atoms with van der Waals surface area (Å²) in [5.74, 6) is -0.0596. The van der Waals surface area contributed by atoms with Crippen LogP contribution >= 0.6 is 27.5 Å². The van der Waals surface area contributed by atoms with Crippen LogP contribution in [0.1, 0.15) is 40.9 Å². The van der Waals surface area contributed by atoms with Crippen LogP contribution in [0.3, 0.4) is 0 Å². The Morgan fingerprint density at radius 3 is 2.52 bits per heavy atom. The molecule has 1 unspecified atom stereocenters. The molecule has 0 spiro atoms. The van der Waals surface area contributed by atoms with Gasteiger partial charge in [0.2, 0.25) is 0 Å². The largest absolute Gasteiger partial charge is 0.345 e. The highest BCUT2D eigenvalue weighted by Crippen LogP contribution is 2.22. The van der Waals surface area contributed by atoms with Crippen molar-refractivity contribution < 1.29 is 4.79 Å². The summed E-state index contributed by atoms with van der Waals surface area (Å²) in [6.07, 6.45) is 0.820. The molecule has 2 rings (SSSR count). The smallest absolute Gasteiger partial charge is 0.252 e. The third-order valence-corrected chi connectivity index (χ3v) is 4.61. The number of hydrogen-bond acceptors (Lipinski definition) is 1. The van der Waals surface area contributed by atoms with E-state index in [-0.39, 0.29) is 11.9 Å². The molecule has 0 bridgehead atoms. The molecule has 0 heterocycles. The van der Waals surface area contributed by atoms with Gasteiger partial charge in [-0.05, 0) is 48.7 Å². The first kappa shape index (κ1) is 16.1. The number of amides is 1. The summed E-state index contributed by atoms with van der Waals surface area (Å²) in [4.78, 5) is 12.5. The van der Waals surface area contributed by atoms with Crippen LogP contribution in [-0.4, -0.2) is 5.91 Å². The molecule has 2 aromatic carbocycles. The maximum Gasteiger partial charge on any atom is 0.252 e. The van der Waals surface area contributed by atoms with Gasteiger partial charge in [-0.3, -0.25) is 4.79 Å². The van der Waals surface area contributed by atoms with Crippen LogP contribution in [-0.2, 0) is 0 Å². The molecule has 0 aliphatic carbocycles. The van der Waals surface area contributed by atoms with Crippen LogP contribution in [0, 0.1) is 6.92 Å². The fraction of sp³-hybridized carbons (Fsp3) is 0.235. The van der Waals surface area contributed by atoms with Gasteiger partial charge >= 0.3 is 0 Å². The second-order valence-electron chi connectivity index (χ2n) is 4.90. The van der Waals surface area contributed by atoms with E-state index in [1.807, 2.05) is 56.3 Å².